The topological polar surface area (TPSA) is 71.8 Å². The third kappa shape index (κ3) is 2.10. The number of phenolic OH excluding ortho intramolecular Hbond substituents is 1. The van der Waals surface area contributed by atoms with Crippen LogP contribution in [0.25, 0.3) is 11.4 Å². The zero-order chi connectivity index (χ0) is 10.8. The number of benzene rings is 1. The Kier molecular flexibility index (Phi) is 2.59. The molecule has 0 saturated carbocycles. The number of rotatable bonds is 1. The molecule has 0 radical (unpaired) electrons. The Morgan fingerprint density at radius 3 is 2.40 bits per heavy atom. The van der Waals surface area contributed by atoms with Gasteiger partial charge in [-0.15, -0.1) is 20.4 Å². The molecule has 1 heterocycles. The van der Waals surface area contributed by atoms with Crippen LogP contribution >= 0.6 is 15.9 Å². The molecular formula is C9H7BrN4O. The smallest absolute Gasteiger partial charge is 0.203 e. The molecule has 0 aliphatic heterocycles. The van der Waals surface area contributed by atoms with Gasteiger partial charge in [0.05, 0.1) is 4.47 Å². The average Bonchev–Trinajstić information content (AvgIpc) is 2.23. The Hall–Kier alpha value is -1.56. The van der Waals surface area contributed by atoms with E-state index in [9.17, 15) is 5.11 Å². The Bertz CT molecular complexity index is 486. The van der Waals surface area contributed by atoms with Crippen LogP contribution < -0.4 is 0 Å². The summed E-state index contributed by atoms with van der Waals surface area (Å²) in [6.07, 6.45) is 0. The maximum atomic E-state index is 9.32. The summed E-state index contributed by atoms with van der Waals surface area (Å²) in [5.41, 5.74) is 0.750. The zero-order valence-corrected chi connectivity index (χ0v) is 9.43. The van der Waals surface area contributed by atoms with Crippen molar-refractivity contribution in [1.29, 1.82) is 0 Å². The Morgan fingerprint density at radius 1 is 1.13 bits per heavy atom. The number of hydrogen-bond acceptors (Lipinski definition) is 5. The van der Waals surface area contributed by atoms with Crippen LogP contribution in [0.1, 0.15) is 5.82 Å². The van der Waals surface area contributed by atoms with Gasteiger partial charge in [0.15, 0.2) is 5.82 Å². The van der Waals surface area contributed by atoms with E-state index >= 15 is 0 Å². The van der Waals surface area contributed by atoms with E-state index < -0.39 is 0 Å². The fourth-order valence-electron chi connectivity index (χ4n) is 1.04. The van der Waals surface area contributed by atoms with E-state index in [0.717, 1.165) is 5.56 Å². The van der Waals surface area contributed by atoms with Crippen molar-refractivity contribution in [1.82, 2.24) is 20.4 Å². The van der Waals surface area contributed by atoms with Crippen LogP contribution in [0.3, 0.4) is 0 Å². The normalized spacial score (nSPS) is 10.3. The monoisotopic (exact) mass is 266 g/mol. The quantitative estimate of drug-likeness (QED) is 0.851. The van der Waals surface area contributed by atoms with E-state index in [1.165, 1.54) is 0 Å². The summed E-state index contributed by atoms with van der Waals surface area (Å²) in [7, 11) is 0. The van der Waals surface area contributed by atoms with Gasteiger partial charge in [0.1, 0.15) is 5.75 Å². The second kappa shape index (κ2) is 3.90. The molecule has 0 aliphatic carbocycles. The summed E-state index contributed by atoms with van der Waals surface area (Å²) in [5, 5.41) is 24.7. The van der Waals surface area contributed by atoms with E-state index in [2.05, 4.69) is 36.3 Å². The third-order valence-electron chi connectivity index (χ3n) is 1.78. The zero-order valence-electron chi connectivity index (χ0n) is 7.85. The SMILES string of the molecule is Cc1nnc(-c2ccc(O)c(Br)c2)nn1. The molecule has 76 valence electrons. The van der Waals surface area contributed by atoms with Gasteiger partial charge in [0, 0.05) is 5.56 Å². The molecule has 0 atom stereocenters. The molecule has 2 aromatic rings. The second-order valence-corrected chi connectivity index (χ2v) is 3.79. The van der Waals surface area contributed by atoms with E-state index in [4.69, 9.17) is 0 Å². The summed E-state index contributed by atoms with van der Waals surface area (Å²) in [4.78, 5) is 0. The summed E-state index contributed by atoms with van der Waals surface area (Å²) in [5.74, 6) is 1.13. The van der Waals surface area contributed by atoms with Crippen molar-refractivity contribution < 1.29 is 5.11 Å². The lowest BCUT2D eigenvalue weighted by Crippen LogP contribution is -1.98. The molecule has 0 aliphatic rings. The van der Waals surface area contributed by atoms with E-state index in [1.54, 1.807) is 25.1 Å². The van der Waals surface area contributed by atoms with Crippen LogP contribution in [0, 0.1) is 6.92 Å². The molecule has 0 unspecified atom stereocenters. The van der Waals surface area contributed by atoms with Gasteiger partial charge >= 0.3 is 0 Å². The highest BCUT2D eigenvalue weighted by atomic mass is 79.9. The van der Waals surface area contributed by atoms with Crippen LogP contribution in [0.5, 0.6) is 5.75 Å². The largest absolute Gasteiger partial charge is 0.507 e. The van der Waals surface area contributed by atoms with Crippen molar-refractivity contribution >= 4 is 15.9 Å². The number of aromatic nitrogens is 4. The molecule has 0 saturated heterocycles. The summed E-state index contributed by atoms with van der Waals surface area (Å²) < 4.78 is 0.587. The van der Waals surface area contributed by atoms with Gasteiger partial charge in [-0.25, -0.2) is 0 Å². The minimum absolute atomic E-state index is 0.173. The fourth-order valence-corrected chi connectivity index (χ4v) is 1.42. The van der Waals surface area contributed by atoms with Crippen LogP contribution in [0.4, 0.5) is 0 Å². The van der Waals surface area contributed by atoms with Crippen LogP contribution in [0.2, 0.25) is 0 Å². The Labute approximate surface area is 94.3 Å². The second-order valence-electron chi connectivity index (χ2n) is 2.94. The molecule has 0 spiro atoms. The van der Waals surface area contributed by atoms with E-state index in [1.807, 2.05) is 0 Å². The van der Waals surface area contributed by atoms with E-state index in [-0.39, 0.29) is 5.75 Å². The molecule has 6 heteroatoms. The lowest BCUT2D eigenvalue weighted by Gasteiger charge is -2.00. The summed E-state index contributed by atoms with van der Waals surface area (Å²) in [6.45, 7) is 1.72. The average molecular weight is 267 g/mol. The molecule has 0 fully saturated rings. The van der Waals surface area contributed by atoms with Crippen molar-refractivity contribution in [3.8, 4) is 17.1 Å². The summed E-state index contributed by atoms with van der Waals surface area (Å²) >= 11 is 3.21. The first-order chi connectivity index (χ1) is 7.16. The number of aromatic hydroxyl groups is 1. The highest BCUT2D eigenvalue weighted by molar-refractivity contribution is 9.10. The molecule has 1 N–H and O–H groups in total. The number of halogens is 1. The van der Waals surface area contributed by atoms with Crippen molar-refractivity contribution in [3.63, 3.8) is 0 Å². The Balaban J connectivity index is 2.45. The van der Waals surface area contributed by atoms with Crippen LogP contribution in [-0.2, 0) is 0 Å². The van der Waals surface area contributed by atoms with Gasteiger partial charge in [-0.3, -0.25) is 0 Å². The first-order valence-electron chi connectivity index (χ1n) is 4.20. The molecule has 2 rings (SSSR count). The maximum absolute atomic E-state index is 9.32. The predicted octanol–water partition coefficient (Wildman–Crippen LogP) is 1.71. The third-order valence-corrected chi connectivity index (χ3v) is 2.42. The van der Waals surface area contributed by atoms with Gasteiger partial charge in [0.25, 0.3) is 0 Å². The highest BCUT2D eigenvalue weighted by Gasteiger charge is 2.05. The van der Waals surface area contributed by atoms with Crippen molar-refractivity contribution in [2.45, 2.75) is 6.92 Å². The lowest BCUT2D eigenvalue weighted by molar-refractivity contribution is 0.472. The van der Waals surface area contributed by atoms with Gasteiger partial charge < -0.3 is 5.11 Å². The Morgan fingerprint density at radius 2 is 1.80 bits per heavy atom. The highest BCUT2D eigenvalue weighted by Crippen LogP contribution is 2.27. The molecule has 0 amide bonds. The first-order valence-corrected chi connectivity index (χ1v) is 4.99. The minimum atomic E-state index is 0.173. The molecule has 15 heavy (non-hydrogen) atoms. The fraction of sp³-hybridized carbons (Fsp3) is 0.111. The molecule has 1 aromatic carbocycles. The summed E-state index contributed by atoms with van der Waals surface area (Å²) in [6, 6.07) is 4.97. The van der Waals surface area contributed by atoms with Gasteiger partial charge in [0.2, 0.25) is 5.82 Å². The first kappa shape index (κ1) is 9.97. The predicted molar refractivity (Wildman–Crippen MR) is 57.2 cm³/mol. The standard InChI is InChI=1S/C9H7BrN4O/c1-5-11-13-9(14-12-5)6-2-3-8(15)7(10)4-6/h2-4,15H,1H3. The van der Waals surface area contributed by atoms with Crippen molar-refractivity contribution in [2.75, 3.05) is 0 Å². The van der Waals surface area contributed by atoms with Crippen molar-refractivity contribution in [2.24, 2.45) is 0 Å². The van der Waals surface area contributed by atoms with Crippen molar-refractivity contribution in [3.05, 3.63) is 28.5 Å². The maximum Gasteiger partial charge on any atom is 0.203 e. The van der Waals surface area contributed by atoms with Gasteiger partial charge in [-0.1, -0.05) is 0 Å². The minimum Gasteiger partial charge on any atom is -0.507 e. The molecular weight excluding hydrogens is 260 g/mol. The number of aryl methyl sites for hydroxylation is 1. The molecule has 1 aromatic heterocycles. The van der Waals surface area contributed by atoms with Gasteiger partial charge in [-0.05, 0) is 41.1 Å². The molecule has 5 nitrogen and oxygen atoms in total. The lowest BCUT2D eigenvalue weighted by atomic mass is 10.2. The van der Waals surface area contributed by atoms with Crippen LogP contribution in [-0.4, -0.2) is 25.5 Å². The van der Waals surface area contributed by atoms with E-state index in [0.29, 0.717) is 16.1 Å². The number of phenols is 1. The number of nitrogens with zero attached hydrogens (tertiary/aromatic N) is 4. The van der Waals surface area contributed by atoms with Crippen LogP contribution in [0.15, 0.2) is 22.7 Å². The van der Waals surface area contributed by atoms with Gasteiger partial charge in [-0.2, -0.15) is 0 Å². The number of hydrogen-bond donors (Lipinski definition) is 1. The molecule has 0 bridgehead atoms.